The predicted octanol–water partition coefficient (Wildman–Crippen LogP) is 0.659. The van der Waals surface area contributed by atoms with Gasteiger partial charge in [0, 0.05) is 31.4 Å². The van der Waals surface area contributed by atoms with Gasteiger partial charge in [0.15, 0.2) is 15.7 Å². The van der Waals surface area contributed by atoms with E-state index in [0.717, 1.165) is 31.2 Å². The van der Waals surface area contributed by atoms with E-state index in [9.17, 15) is 8.42 Å². The van der Waals surface area contributed by atoms with Crippen molar-refractivity contribution in [3.63, 3.8) is 0 Å². The molecule has 2 rings (SSSR count). The molecule has 1 saturated heterocycles. The zero-order chi connectivity index (χ0) is 14.4. The van der Waals surface area contributed by atoms with Gasteiger partial charge in [-0.1, -0.05) is 0 Å². The number of hydrogen-bond donors (Lipinski definition) is 1. The Morgan fingerprint density at radius 3 is 2.53 bits per heavy atom. The number of rotatable bonds is 2. The largest absolute Gasteiger partial charge is 0.382 e. The molecule has 2 N–H and O–H groups in total. The fraction of sp³-hybridized carbons (Fsp3) is 0.727. The molecule has 1 aromatic heterocycles. The summed E-state index contributed by atoms with van der Waals surface area (Å²) in [6.45, 7) is 6.71. The van der Waals surface area contributed by atoms with Crippen molar-refractivity contribution in [3.8, 4) is 0 Å². The molecule has 0 saturated carbocycles. The van der Waals surface area contributed by atoms with Crippen LogP contribution >= 0.6 is 11.5 Å². The Morgan fingerprint density at radius 2 is 2.00 bits per heavy atom. The molecule has 0 spiro atoms. The Labute approximate surface area is 118 Å². The quantitative estimate of drug-likeness (QED) is 0.864. The van der Waals surface area contributed by atoms with E-state index in [2.05, 4.69) is 35.1 Å². The van der Waals surface area contributed by atoms with Crippen LogP contribution in [-0.2, 0) is 9.84 Å². The molecule has 0 radical (unpaired) electrons. The molecule has 6 nitrogen and oxygen atoms in total. The third-order valence-corrected chi connectivity index (χ3v) is 5.83. The van der Waals surface area contributed by atoms with Gasteiger partial charge >= 0.3 is 0 Å². The maximum Gasteiger partial charge on any atom is 0.182 e. The first-order chi connectivity index (χ1) is 8.63. The summed E-state index contributed by atoms with van der Waals surface area (Å²) in [5, 5.41) is 0.668. The van der Waals surface area contributed by atoms with Crippen LogP contribution in [-0.4, -0.2) is 56.2 Å². The van der Waals surface area contributed by atoms with E-state index in [1.807, 2.05) is 0 Å². The van der Waals surface area contributed by atoms with Crippen molar-refractivity contribution in [1.29, 1.82) is 0 Å². The van der Waals surface area contributed by atoms with Gasteiger partial charge in [-0.05, 0) is 32.4 Å². The molecule has 0 atom stereocenters. The number of nitrogen functional groups attached to an aromatic ring is 1. The van der Waals surface area contributed by atoms with Gasteiger partial charge in [0.25, 0.3) is 0 Å². The number of likely N-dealkylation sites (N-methyl/N-ethyl adjacent to an activating group) is 1. The Hall–Kier alpha value is -0.860. The summed E-state index contributed by atoms with van der Waals surface area (Å²) in [5.74, 6) is 0.110. The lowest BCUT2D eigenvalue weighted by atomic mass is 10.00. The lowest BCUT2D eigenvalue weighted by Crippen LogP contribution is -2.57. The van der Waals surface area contributed by atoms with E-state index in [-0.39, 0.29) is 16.3 Å². The molecule has 1 fully saturated rings. The highest BCUT2D eigenvalue weighted by atomic mass is 32.2. The molecule has 108 valence electrons. The average Bonchev–Trinajstić information content (AvgIpc) is 2.64. The number of aromatic nitrogens is 1. The van der Waals surface area contributed by atoms with E-state index < -0.39 is 9.84 Å². The predicted molar refractivity (Wildman–Crippen MR) is 78.6 cm³/mol. The van der Waals surface area contributed by atoms with Gasteiger partial charge in [0.05, 0.1) is 0 Å². The van der Waals surface area contributed by atoms with E-state index in [1.165, 1.54) is 6.26 Å². The molecule has 8 heteroatoms. The van der Waals surface area contributed by atoms with Crippen LogP contribution in [0.2, 0.25) is 0 Å². The summed E-state index contributed by atoms with van der Waals surface area (Å²) >= 11 is 1.16. The summed E-state index contributed by atoms with van der Waals surface area (Å²) in [6, 6.07) is 0. The monoisotopic (exact) mass is 304 g/mol. The van der Waals surface area contributed by atoms with Crippen molar-refractivity contribution >= 4 is 32.2 Å². The Kier molecular flexibility index (Phi) is 3.53. The molecule has 0 amide bonds. The van der Waals surface area contributed by atoms with Crippen molar-refractivity contribution < 1.29 is 8.42 Å². The molecule has 2 heterocycles. The first-order valence-corrected chi connectivity index (χ1v) is 8.71. The number of nitrogens with two attached hydrogens (primary N) is 1. The third kappa shape index (κ3) is 2.70. The van der Waals surface area contributed by atoms with E-state index >= 15 is 0 Å². The van der Waals surface area contributed by atoms with Crippen LogP contribution in [0.15, 0.2) is 4.90 Å². The molecular weight excluding hydrogens is 284 g/mol. The number of anilines is 2. The highest BCUT2D eigenvalue weighted by molar-refractivity contribution is 7.91. The second-order valence-corrected chi connectivity index (χ2v) is 8.33. The van der Waals surface area contributed by atoms with Crippen LogP contribution in [0.25, 0.3) is 0 Å². The van der Waals surface area contributed by atoms with Crippen molar-refractivity contribution in [2.75, 3.05) is 43.6 Å². The highest BCUT2D eigenvalue weighted by Gasteiger charge is 2.34. The topological polar surface area (TPSA) is 79.5 Å². The zero-order valence-electron chi connectivity index (χ0n) is 11.7. The molecule has 1 aliphatic heterocycles. The van der Waals surface area contributed by atoms with Gasteiger partial charge in [0.2, 0.25) is 0 Å². The maximum atomic E-state index is 11.9. The SMILES string of the molecule is CN1CCN(c2snc(N)c2S(C)(=O)=O)CC1(C)C. The van der Waals surface area contributed by atoms with Gasteiger partial charge in [-0.15, -0.1) is 0 Å². The minimum absolute atomic E-state index is 0.00816. The zero-order valence-corrected chi connectivity index (χ0v) is 13.3. The number of sulfone groups is 1. The Balaban J connectivity index is 2.39. The van der Waals surface area contributed by atoms with Crippen LogP contribution in [0.5, 0.6) is 0 Å². The van der Waals surface area contributed by atoms with E-state index in [4.69, 9.17) is 5.73 Å². The Morgan fingerprint density at radius 1 is 1.37 bits per heavy atom. The third-order valence-electron chi connectivity index (χ3n) is 3.63. The molecule has 1 aromatic rings. The fourth-order valence-electron chi connectivity index (χ4n) is 2.25. The van der Waals surface area contributed by atoms with Gasteiger partial charge < -0.3 is 10.6 Å². The lowest BCUT2D eigenvalue weighted by molar-refractivity contribution is 0.139. The van der Waals surface area contributed by atoms with Crippen LogP contribution in [0.3, 0.4) is 0 Å². The fourth-order valence-corrected chi connectivity index (χ4v) is 4.48. The number of nitrogens with zero attached hydrogens (tertiary/aromatic N) is 3. The Bertz CT molecular complexity index is 580. The van der Waals surface area contributed by atoms with Crippen LogP contribution in [0.1, 0.15) is 13.8 Å². The van der Waals surface area contributed by atoms with Gasteiger partial charge in [-0.3, -0.25) is 4.90 Å². The van der Waals surface area contributed by atoms with E-state index in [1.54, 1.807) is 0 Å². The molecule has 1 aliphatic rings. The summed E-state index contributed by atoms with van der Waals surface area (Å²) in [7, 11) is -1.27. The molecule has 19 heavy (non-hydrogen) atoms. The summed E-state index contributed by atoms with van der Waals surface area (Å²) in [4.78, 5) is 4.52. The van der Waals surface area contributed by atoms with Crippen LogP contribution < -0.4 is 10.6 Å². The molecule has 0 bridgehead atoms. The number of piperazine rings is 1. The standard InChI is InChI=1S/C11H20N4O2S2/c1-11(2)7-15(6-5-14(11)3)10-8(19(4,16)17)9(12)13-18-10/h5-7H2,1-4H3,(H2,12,13). The van der Waals surface area contributed by atoms with Crippen molar-refractivity contribution in [1.82, 2.24) is 9.27 Å². The highest BCUT2D eigenvalue weighted by Crippen LogP contribution is 2.36. The summed E-state index contributed by atoms with van der Waals surface area (Å²) < 4.78 is 27.7. The molecular formula is C11H20N4O2S2. The minimum Gasteiger partial charge on any atom is -0.382 e. The first kappa shape index (κ1) is 14.5. The van der Waals surface area contributed by atoms with Crippen molar-refractivity contribution in [3.05, 3.63) is 0 Å². The molecule has 0 unspecified atom stereocenters. The van der Waals surface area contributed by atoms with Crippen LogP contribution in [0, 0.1) is 0 Å². The van der Waals surface area contributed by atoms with Crippen LogP contribution in [0.4, 0.5) is 10.8 Å². The summed E-state index contributed by atoms with van der Waals surface area (Å²) in [6.07, 6.45) is 1.18. The summed E-state index contributed by atoms with van der Waals surface area (Å²) in [5.41, 5.74) is 5.70. The van der Waals surface area contributed by atoms with Gasteiger partial charge in [0.1, 0.15) is 9.90 Å². The first-order valence-electron chi connectivity index (χ1n) is 6.04. The van der Waals surface area contributed by atoms with Gasteiger partial charge in [-0.25, -0.2) is 8.42 Å². The van der Waals surface area contributed by atoms with Crippen molar-refractivity contribution in [2.45, 2.75) is 24.3 Å². The molecule has 0 aliphatic carbocycles. The molecule has 0 aromatic carbocycles. The second-order valence-electron chi connectivity index (χ2n) is 5.63. The normalized spacial score (nSPS) is 20.7. The average molecular weight is 304 g/mol. The smallest absolute Gasteiger partial charge is 0.182 e. The maximum absolute atomic E-state index is 11.9. The lowest BCUT2D eigenvalue weighted by Gasteiger charge is -2.45. The van der Waals surface area contributed by atoms with Crippen molar-refractivity contribution in [2.24, 2.45) is 0 Å². The second kappa shape index (κ2) is 4.60. The number of hydrogen-bond acceptors (Lipinski definition) is 7. The van der Waals surface area contributed by atoms with E-state index in [0.29, 0.717) is 5.00 Å². The minimum atomic E-state index is -3.35. The van der Waals surface area contributed by atoms with Gasteiger partial charge in [-0.2, -0.15) is 4.37 Å².